The number of rotatable bonds is 5. The number of pyridine rings is 1. The molecule has 0 unspecified atom stereocenters. The normalized spacial score (nSPS) is 19.6. The van der Waals surface area contributed by atoms with Crippen LogP contribution in [0.3, 0.4) is 0 Å². The summed E-state index contributed by atoms with van der Waals surface area (Å²) >= 11 is 0. The van der Waals surface area contributed by atoms with E-state index in [1.165, 1.54) is 4.90 Å². The molecule has 180 valence electrons. The van der Waals surface area contributed by atoms with Crippen LogP contribution in [0.15, 0.2) is 36.5 Å². The summed E-state index contributed by atoms with van der Waals surface area (Å²) in [5, 5.41) is 9.12. The molecule has 2 aromatic rings. The van der Waals surface area contributed by atoms with Crippen molar-refractivity contribution in [2.75, 3.05) is 38.2 Å². The lowest BCUT2D eigenvalue weighted by Crippen LogP contribution is -2.48. The topological polar surface area (TPSA) is 84.4 Å². The molecule has 0 saturated carbocycles. The summed E-state index contributed by atoms with van der Waals surface area (Å²) in [5.74, 6) is 0.532. The Morgan fingerprint density at radius 2 is 1.68 bits per heavy atom. The predicted molar refractivity (Wildman–Crippen MR) is 134 cm³/mol. The molecule has 1 aromatic carbocycles. The van der Waals surface area contributed by atoms with E-state index < -0.39 is 24.4 Å². The molecule has 1 N–H and O–H groups in total. The number of ether oxygens (including phenoxy) is 1. The monoisotopic (exact) mass is 465 g/mol. The summed E-state index contributed by atoms with van der Waals surface area (Å²) in [4.78, 5) is 19.2. The molecule has 2 aliphatic heterocycles. The molecule has 2 saturated heterocycles. The molecule has 2 aliphatic rings. The number of carbonyl (C=O) groups is 1. The van der Waals surface area contributed by atoms with Gasteiger partial charge in [0, 0.05) is 49.1 Å². The Morgan fingerprint density at radius 1 is 1.06 bits per heavy atom. The molecule has 3 heterocycles. The molecule has 9 heteroatoms. The Morgan fingerprint density at radius 3 is 2.24 bits per heavy atom. The van der Waals surface area contributed by atoms with Gasteiger partial charge in [0.1, 0.15) is 0 Å². The van der Waals surface area contributed by atoms with Crippen LogP contribution in [0.1, 0.15) is 38.8 Å². The van der Waals surface area contributed by atoms with Gasteiger partial charge < -0.3 is 29.0 Å². The molecule has 1 aromatic heterocycles. The van der Waals surface area contributed by atoms with Gasteiger partial charge in [-0.25, -0.2) is 9.78 Å². The third kappa shape index (κ3) is 4.90. The largest absolute Gasteiger partial charge is 0.496 e. The summed E-state index contributed by atoms with van der Waals surface area (Å²) in [5.41, 5.74) is 2.96. The lowest BCUT2D eigenvalue weighted by Gasteiger charge is -2.34. The number of hydrogen-bond acceptors (Lipinski definition) is 6. The second-order valence-corrected chi connectivity index (χ2v) is 9.64. The zero-order valence-corrected chi connectivity index (χ0v) is 20.4. The molecular formula is C25H32BN3O5. The van der Waals surface area contributed by atoms with Crippen LogP contribution in [0.2, 0.25) is 0 Å². The molecule has 34 heavy (non-hydrogen) atoms. The van der Waals surface area contributed by atoms with Crippen LogP contribution in [-0.2, 0) is 9.31 Å². The molecule has 0 spiro atoms. The van der Waals surface area contributed by atoms with Gasteiger partial charge in [-0.1, -0.05) is 18.2 Å². The van der Waals surface area contributed by atoms with Crippen molar-refractivity contribution >= 4 is 36.5 Å². The third-order valence-corrected chi connectivity index (χ3v) is 6.88. The number of anilines is 1. The van der Waals surface area contributed by atoms with Gasteiger partial charge in [-0.2, -0.15) is 0 Å². The zero-order chi connectivity index (χ0) is 24.5. The van der Waals surface area contributed by atoms with Crippen molar-refractivity contribution in [1.29, 1.82) is 0 Å². The van der Waals surface area contributed by atoms with Crippen LogP contribution < -0.4 is 15.1 Å². The maximum absolute atomic E-state index is 11.1. The number of benzene rings is 1. The van der Waals surface area contributed by atoms with Crippen molar-refractivity contribution in [2.45, 2.75) is 38.9 Å². The van der Waals surface area contributed by atoms with Crippen molar-refractivity contribution in [1.82, 2.24) is 9.88 Å². The van der Waals surface area contributed by atoms with E-state index in [1.807, 2.05) is 58.0 Å². The highest BCUT2D eigenvalue weighted by Crippen LogP contribution is 2.36. The average molecular weight is 465 g/mol. The van der Waals surface area contributed by atoms with Crippen LogP contribution in [-0.4, -0.2) is 72.7 Å². The lowest BCUT2D eigenvalue weighted by atomic mass is 9.79. The van der Waals surface area contributed by atoms with Crippen molar-refractivity contribution in [3.8, 4) is 5.88 Å². The highest BCUT2D eigenvalue weighted by Gasteiger charge is 2.51. The number of carboxylic acid groups (broad SMARTS) is 1. The highest BCUT2D eigenvalue weighted by molar-refractivity contribution is 6.62. The first-order valence-electron chi connectivity index (χ1n) is 11.5. The van der Waals surface area contributed by atoms with Gasteiger partial charge in [0.15, 0.2) is 0 Å². The van der Waals surface area contributed by atoms with Gasteiger partial charge in [-0.15, -0.1) is 0 Å². The van der Waals surface area contributed by atoms with Crippen molar-refractivity contribution in [3.05, 3.63) is 47.7 Å². The number of aromatic nitrogens is 1. The van der Waals surface area contributed by atoms with E-state index in [9.17, 15) is 4.79 Å². The van der Waals surface area contributed by atoms with E-state index in [4.69, 9.17) is 19.2 Å². The molecule has 2 fully saturated rings. The molecule has 4 rings (SSSR count). The minimum Gasteiger partial charge on any atom is -0.481 e. The molecular weight excluding hydrogens is 433 g/mol. The maximum Gasteiger partial charge on any atom is 0.496 e. The standard InChI is InChI=1S/C25H32BN3O5/c1-24(2)25(3,4)34-26(33-24)20-16-19(22(32-5)27-17-20)9-6-18-7-10-21(11-8-18)28-12-14-29(15-13-28)23(30)31/h6-11,16-17H,12-15H2,1-5H3,(H,30,31)/b9-6+. The van der Waals surface area contributed by atoms with Crippen LogP contribution in [0.25, 0.3) is 12.2 Å². The summed E-state index contributed by atoms with van der Waals surface area (Å²) in [6.45, 7) is 10.5. The van der Waals surface area contributed by atoms with Gasteiger partial charge in [0.05, 0.1) is 18.3 Å². The summed E-state index contributed by atoms with van der Waals surface area (Å²) < 4.78 is 17.8. The lowest BCUT2D eigenvalue weighted by molar-refractivity contribution is 0.00578. The van der Waals surface area contributed by atoms with Crippen molar-refractivity contribution < 1.29 is 23.9 Å². The summed E-state index contributed by atoms with van der Waals surface area (Å²) in [6, 6.07) is 10.2. The number of piperazine rings is 1. The van der Waals surface area contributed by atoms with E-state index in [-0.39, 0.29) is 0 Å². The predicted octanol–water partition coefficient (Wildman–Crippen LogP) is 3.36. The van der Waals surface area contributed by atoms with Gasteiger partial charge in [-0.05, 0) is 57.5 Å². The molecule has 0 radical (unpaired) electrons. The van der Waals surface area contributed by atoms with Gasteiger partial charge in [0.25, 0.3) is 0 Å². The van der Waals surface area contributed by atoms with Crippen LogP contribution in [0.4, 0.5) is 10.5 Å². The zero-order valence-electron chi connectivity index (χ0n) is 20.4. The second-order valence-electron chi connectivity index (χ2n) is 9.64. The molecule has 0 bridgehead atoms. The SMILES string of the molecule is COc1ncc(B2OC(C)(C)C(C)(C)O2)cc1/C=C/c1ccc(N2CCN(C(=O)O)CC2)cc1. The fourth-order valence-electron chi connectivity index (χ4n) is 4.02. The smallest absolute Gasteiger partial charge is 0.481 e. The van der Waals surface area contributed by atoms with E-state index in [1.54, 1.807) is 13.3 Å². The number of nitrogens with zero attached hydrogens (tertiary/aromatic N) is 3. The first kappa shape index (κ1) is 24.1. The van der Waals surface area contributed by atoms with Gasteiger partial charge in [0.2, 0.25) is 5.88 Å². The summed E-state index contributed by atoms with van der Waals surface area (Å²) in [6.07, 6.45) is 4.87. The molecule has 1 amide bonds. The van der Waals surface area contributed by atoms with E-state index in [0.29, 0.717) is 32.1 Å². The third-order valence-electron chi connectivity index (χ3n) is 6.88. The minimum absolute atomic E-state index is 0.421. The molecule has 0 atom stereocenters. The highest BCUT2D eigenvalue weighted by atomic mass is 16.7. The first-order valence-corrected chi connectivity index (χ1v) is 11.5. The summed E-state index contributed by atoms with van der Waals surface area (Å²) in [7, 11) is 1.11. The van der Waals surface area contributed by atoms with E-state index in [2.05, 4.69) is 22.0 Å². The number of hydrogen-bond donors (Lipinski definition) is 1. The second kappa shape index (κ2) is 9.31. The van der Waals surface area contributed by atoms with Crippen LogP contribution >= 0.6 is 0 Å². The van der Waals surface area contributed by atoms with Crippen molar-refractivity contribution in [3.63, 3.8) is 0 Å². The maximum atomic E-state index is 11.1. The Hall–Kier alpha value is -3.04. The van der Waals surface area contributed by atoms with E-state index >= 15 is 0 Å². The Kier molecular flexibility index (Phi) is 6.60. The molecule has 8 nitrogen and oxygen atoms in total. The van der Waals surface area contributed by atoms with Gasteiger partial charge in [-0.3, -0.25) is 0 Å². The van der Waals surface area contributed by atoms with Crippen LogP contribution in [0.5, 0.6) is 5.88 Å². The molecule has 0 aliphatic carbocycles. The average Bonchev–Trinajstić information content (AvgIpc) is 3.04. The Balaban J connectivity index is 1.47. The van der Waals surface area contributed by atoms with E-state index in [0.717, 1.165) is 22.3 Å². The Bertz CT molecular complexity index is 1050. The fourth-order valence-corrected chi connectivity index (χ4v) is 4.02. The quantitative estimate of drug-likeness (QED) is 0.678. The van der Waals surface area contributed by atoms with Crippen molar-refractivity contribution in [2.24, 2.45) is 0 Å². The van der Waals surface area contributed by atoms with Gasteiger partial charge >= 0.3 is 13.2 Å². The first-order chi connectivity index (χ1) is 16.1. The number of amides is 1. The van der Waals surface area contributed by atoms with Crippen LogP contribution in [0, 0.1) is 0 Å². The fraction of sp³-hybridized carbons (Fsp3) is 0.440. The Labute approximate surface area is 201 Å². The minimum atomic E-state index is -0.854. The number of methoxy groups -OCH3 is 1.